The normalized spacial score (nSPS) is 13.5. The molecule has 0 radical (unpaired) electrons. The number of imide groups is 1. The highest BCUT2D eigenvalue weighted by Crippen LogP contribution is 2.39. The van der Waals surface area contributed by atoms with Crippen molar-refractivity contribution in [3.05, 3.63) is 89.1 Å². The van der Waals surface area contributed by atoms with Crippen LogP contribution in [0.3, 0.4) is 0 Å². The molecule has 0 bridgehead atoms. The number of nitrogens with zero attached hydrogens (tertiary/aromatic N) is 1. The number of methoxy groups -OCH3 is 1. The Hall–Kier alpha value is -3.77. The van der Waals surface area contributed by atoms with Gasteiger partial charge >= 0.3 is 0 Å². The topological polar surface area (TPSA) is 67.9 Å². The first-order valence-corrected chi connectivity index (χ1v) is 10.4. The van der Waals surface area contributed by atoms with E-state index < -0.39 is 11.8 Å². The standard InChI is InChI=1S/C25H21ClN2O4/c1-3-32-19-11-7-10-18(15-19)27-23-22(16-8-5-4-6-9-16)24(29)28(25(23)30)20-14-17(26)12-13-21(20)31-2/h4-15,27H,3H2,1-2H3. The molecule has 32 heavy (non-hydrogen) atoms. The average Bonchev–Trinajstić information content (AvgIpc) is 3.04. The molecule has 0 spiro atoms. The summed E-state index contributed by atoms with van der Waals surface area (Å²) in [5.41, 5.74) is 1.96. The van der Waals surface area contributed by atoms with Crippen LogP contribution in [0.15, 0.2) is 78.5 Å². The molecule has 1 N–H and O–H groups in total. The number of hydrogen-bond acceptors (Lipinski definition) is 5. The second kappa shape index (κ2) is 9.16. The summed E-state index contributed by atoms with van der Waals surface area (Å²) in [7, 11) is 1.47. The summed E-state index contributed by atoms with van der Waals surface area (Å²) >= 11 is 6.17. The van der Waals surface area contributed by atoms with Crippen LogP contribution in [0.5, 0.6) is 11.5 Å². The van der Waals surface area contributed by atoms with Gasteiger partial charge in [0.2, 0.25) is 0 Å². The van der Waals surface area contributed by atoms with E-state index in [0.717, 1.165) is 4.90 Å². The molecule has 0 atom stereocenters. The second-order valence-corrected chi connectivity index (χ2v) is 7.40. The molecule has 2 amide bonds. The van der Waals surface area contributed by atoms with Gasteiger partial charge < -0.3 is 14.8 Å². The number of halogens is 1. The third-order valence-corrected chi connectivity index (χ3v) is 5.18. The van der Waals surface area contributed by atoms with Crippen molar-refractivity contribution in [2.45, 2.75) is 6.92 Å². The Kier molecular flexibility index (Phi) is 6.14. The zero-order valence-corrected chi connectivity index (χ0v) is 18.3. The number of anilines is 2. The Bertz CT molecular complexity index is 1210. The van der Waals surface area contributed by atoms with Gasteiger partial charge in [-0.15, -0.1) is 0 Å². The van der Waals surface area contributed by atoms with Crippen molar-refractivity contribution < 1.29 is 19.1 Å². The summed E-state index contributed by atoms with van der Waals surface area (Å²) in [5.74, 6) is 0.0501. The second-order valence-electron chi connectivity index (χ2n) is 6.96. The van der Waals surface area contributed by atoms with E-state index in [2.05, 4.69) is 5.32 Å². The lowest BCUT2D eigenvalue weighted by atomic mass is 10.0. The van der Waals surface area contributed by atoms with Gasteiger partial charge in [-0.1, -0.05) is 48.0 Å². The fraction of sp³-hybridized carbons (Fsp3) is 0.120. The lowest BCUT2D eigenvalue weighted by Crippen LogP contribution is -2.32. The molecule has 162 valence electrons. The zero-order chi connectivity index (χ0) is 22.7. The van der Waals surface area contributed by atoms with Crippen LogP contribution in [-0.2, 0) is 9.59 Å². The Morgan fingerprint density at radius 1 is 0.938 bits per heavy atom. The van der Waals surface area contributed by atoms with E-state index >= 15 is 0 Å². The number of amides is 2. The summed E-state index contributed by atoms with van der Waals surface area (Å²) in [5, 5.41) is 3.52. The predicted octanol–water partition coefficient (Wildman–Crippen LogP) is 5.14. The molecular formula is C25H21ClN2O4. The molecule has 3 aromatic carbocycles. The van der Waals surface area contributed by atoms with E-state index in [9.17, 15) is 9.59 Å². The van der Waals surface area contributed by atoms with Gasteiger partial charge in [0.25, 0.3) is 11.8 Å². The maximum absolute atomic E-state index is 13.6. The summed E-state index contributed by atoms with van der Waals surface area (Å²) in [4.78, 5) is 28.2. The van der Waals surface area contributed by atoms with Crippen LogP contribution < -0.4 is 19.7 Å². The van der Waals surface area contributed by atoms with E-state index in [-0.39, 0.29) is 17.0 Å². The van der Waals surface area contributed by atoms with Crippen LogP contribution in [0.4, 0.5) is 11.4 Å². The Labute approximate surface area is 191 Å². The van der Waals surface area contributed by atoms with Crippen molar-refractivity contribution in [1.82, 2.24) is 0 Å². The number of hydrogen-bond donors (Lipinski definition) is 1. The molecule has 1 heterocycles. The van der Waals surface area contributed by atoms with Crippen molar-refractivity contribution in [1.29, 1.82) is 0 Å². The van der Waals surface area contributed by atoms with E-state index in [1.54, 1.807) is 36.4 Å². The highest BCUT2D eigenvalue weighted by atomic mass is 35.5. The summed E-state index contributed by atoms with van der Waals surface area (Å²) in [6.45, 7) is 2.41. The lowest BCUT2D eigenvalue weighted by Gasteiger charge is -2.18. The quantitative estimate of drug-likeness (QED) is 0.506. The van der Waals surface area contributed by atoms with Crippen LogP contribution in [-0.4, -0.2) is 25.5 Å². The largest absolute Gasteiger partial charge is 0.495 e. The number of nitrogens with one attached hydrogen (secondary N) is 1. The van der Waals surface area contributed by atoms with Gasteiger partial charge in [-0.3, -0.25) is 9.59 Å². The van der Waals surface area contributed by atoms with Gasteiger partial charge in [0.15, 0.2) is 0 Å². The number of benzene rings is 3. The van der Waals surface area contributed by atoms with Crippen LogP contribution in [0, 0.1) is 0 Å². The summed E-state index contributed by atoms with van der Waals surface area (Å²) < 4.78 is 10.9. The zero-order valence-electron chi connectivity index (χ0n) is 17.6. The van der Waals surface area contributed by atoms with Crippen molar-refractivity contribution in [2.24, 2.45) is 0 Å². The van der Waals surface area contributed by atoms with Crippen LogP contribution in [0.1, 0.15) is 12.5 Å². The van der Waals surface area contributed by atoms with Crippen LogP contribution in [0.25, 0.3) is 5.57 Å². The molecule has 0 saturated carbocycles. The molecule has 4 rings (SSSR count). The lowest BCUT2D eigenvalue weighted by molar-refractivity contribution is -0.120. The molecule has 1 aliphatic heterocycles. The third-order valence-electron chi connectivity index (χ3n) is 4.94. The van der Waals surface area contributed by atoms with Gasteiger partial charge in [0.05, 0.1) is 25.0 Å². The molecule has 0 aliphatic carbocycles. The number of ether oxygens (including phenoxy) is 2. The average molecular weight is 449 g/mol. The van der Waals surface area contributed by atoms with Gasteiger partial charge in [0.1, 0.15) is 17.2 Å². The smallest absolute Gasteiger partial charge is 0.282 e. The molecule has 0 fully saturated rings. The number of rotatable bonds is 7. The Balaban J connectivity index is 1.82. The van der Waals surface area contributed by atoms with Crippen molar-refractivity contribution in [3.8, 4) is 11.5 Å². The molecular weight excluding hydrogens is 428 g/mol. The number of carbonyl (C=O) groups excluding carboxylic acids is 2. The van der Waals surface area contributed by atoms with Gasteiger partial charge in [-0.25, -0.2) is 4.90 Å². The Morgan fingerprint density at radius 2 is 1.72 bits per heavy atom. The third kappa shape index (κ3) is 4.05. The minimum absolute atomic E-state index is 0.164. The first-order chi connectivity index (χ1) is 15.5. The molecule has 6 nitrogen and oxygen atoms in total. The molecule has 0 saturated heterocycles. The highest BCUT2D eigenvalue weighted by molar-refractivity contribution is 6.46. The fourth-order valence-electron chi connectivity index (χ4n) is 3.55. The maximum atomic E-state index is 13.6. The molecule has 0 aromatic heterocycles. The highest BCUT2D eigenvalue weighted by Gasteiger charge is 2.41. The minimum atomic E-state index is -0.503. The van der Waals surface area contributed by atoms with E-state index in [1.165, 1.54) is 13.2 Å². The monoisotopic (exact) mass is 448 g/mol. The van der Waals surface area contributed by atoms with Crippen LogP contribution >= 0.6 is 11.6 Å². The Morgan fingerprint density at radius 3 is 2.44 bits per heavy atom. The van der Waals surface area contributed by atoms with Crippen molar-refractivity contribution >= 4 is 40.4 Å². The maximum Gasteiger partial charge on any atom is 0.282 e. The molecule has 3 aromatic rings. The number of carbonyl (C=O) groups is 2. The van der Waals surface area contributed by atoms with Gasteiger partial charge in [-0.05, 0) is 42.8 Å². The SMILES string of the molecule is CCOc1cccc(NC2=C(c3ccccc3)C(=O)N(c3cc(Cl)ccc3OC)C2=O)c1. The molecule has 1 aliphatic rings. The van der Waals surface area contributed by atoms with Gasteiger partial charge in [0, 0.05) is 16.8 Å². The first kappa shape index (κ1) is 21.5. The van der Waals surface area contributed by atoms with E-state index in [4.69, 9.17) is 21.1 Å². The fourth-order valence-corrected chi connectivity index (χ4v) is 3.72. The summed E-state index contributed by atoms with van der Waals surface area (Å²) in [6, 6.07) is 21.1. The molecule has 7 heteroatoms. The van der Waals surface area contributed by atoms with E-state index in [0.29, 0.717) is 34.4 Å². The minimum Gasteiger partial charge on any atom is -0.495 e. The predicted molar refractivity (Wildman–Crippen MR) is 125 cm³/mol. The first-order valence-electron chi connectivity index (χ1n) is 10.1. The van der Waals surface area contributed by atoms with Crippen molar-refractivity contribution in [3.63, 3.8) is 0 Å². The molecule has 0 unspecified atom stereocenters. The van der Waals surface area contributed by atoms with E-state index in [1.807, 2.05) is 37.3 Å². The van der Waals surface area contributed by atoms with Crippen LogP contribution in [0.2, 0.25) is 5.02 Å². The van der Waals surface area contributed by atoms with Gasteiger partial charge in [-0.2, -0.15) is 0 Å². The summed E-state index contributed by atoms with van der Waals surface area (Å²) in [6.07, 6.45) is 0. The van der Waals surface area contributed by atoms with Crippen molar-refractivity contribution in [2.75, 3.05) is 23.9 Å².